The first kappa shape index (κ1) is 70.8. The summed E-state index contributed by atoms with van der Waals surface area (Å²) in [4.78, 5) is 45.0. The Kier molecular flexibility index (Phi) is 16.0. The van der Waals surface area contributed by atoms with Gasteiger partial charge in [-0.2, -0.15) is 5.26 Å². The van der Waals surface area contributed by atoms with Crippen LogP contribution in [-0.4, -0.2) is 27.6 Å². The van der Waals surface area contributed by atoms with Gasteiger partial charge in [-0.1, -0.05) is 232 Å². The number of nitrogens with zero attached hydrogens (tertiary/aromatic N) is 17. The van der Waals surface area contributed by atoms with Crippen molar-refractivity contribution in [3.05, 3.63) is 405 Å². The summed E-state index contributed by atoms with van der Waals surface area (Å²) in [5.41, 5.74) is 13.1. The second kappa shape index (κ2) is 27.6. The van der Waals surface area contributed by atoms with E-state index in [1.165, 1.54) is 16.2 Å². The van der Waals surface area contributed by atoms with E-state index in [0.717, 1.165) is 158 Å². The number of nitriles is 1. The van der Waals surface area contributed by atoms with Gasteiger partial charge in [0.25, 0.3) is 17.3 Å². The fourth-order valence-electron chi connectivity index (χ4n) is 18.4. The molecule has 0 fully saturated rings. The van der Waals surface area contributed by atoms with E-state index in [0.29, 0.717) is 33.4 Å². The van der Waals surface area contributed by atoms with Gasteiger partial charge in [0.05, 0.1) is 108 Å². The van der Waals surface area contributed by atoms with Gasteiger partial charge in [-0.25, -0.2) is 0 Å². The number of hydrogen-bond donors (Lipinski definition) is 0. The summed E-state index contributed by atoms with van der Waals surface area (Å²) in [6, 6.07) is 98.1. The van der Waals surface area contributed by atoms with Crippen molar-refractivity contribution in [3.63, 3.8) is 0 Å². The van der Waals surface area contributed by atoms with Crippen LogP contribution in [0.2, 0.25) is 0 Å². The molecule has 0 unspecified atom stereocenters. The van der Waals surface area contributed by atoms with E-state index in [2.05, 4.69) is 205 Å². The molecule has 122 heavy (non-hydrogen) atoms. The van der Waals surface area contributed by atoms with Crippen molar-refractivity contribution in [3.8, 4) is 6.07 Å². The van der Waals surface area contributed by atoms with E-state index in [1.807, 2.05) is 156 Å². The third-order valence-corrected chi connectivity index (χ3v) is 23.4. The van der Waals surface area contributed by atoms with Crippen molar-refractivity contribution < 1.29 is 0 Å². The summed E-state index contributed by atoms with van der Waals surface area (Å²) in [6.45, 7) is 76.4. The predicted octanol–water partition coefficient (Wildman–Crippen LogP) is 30.4. The molecular weight excluding hydrogens is 1500 g/mol. The second-order valence-electron chi connectivity index (χ2n) is 29.3. The zero-order valence-corrected chi connectivity index (χ0v) is 63.7. The first-order valence-corrected chi connectivity index (χ1v) is 38.3. The first-order chi connectivity index (χ1) is 60.1. The normalized spacial score (nSPS) is 11.2. The number of aromatic nitrogens is 6. The minimum Gasteiger partial charge on any atom is -0.370 e. The lowest BCUT2D eigenvalue weighted by Crippen LogP contribution is -1.96. The van der Waals surface area contributed by atoms with Crippen molar-refractivity contribution in [1.29, 1.82) is 5.26 Å². The van der Waals surface area contributed by atoms with Crippen LogP contribution in [0.25, 0.3) is 244 Å². The summed E-state index contributed by atoms with van der Waals surface area (Å²) in [7, 11) is 0. The molecule has 17 nitrogen and oxygen atoms in total. The van der Waals surface area contributed by atoms with Crippen LogP contribution in [0.4, 0.5) is 57.1 Å². The second-order valence-corrected chi connectivity index (χ2v) is 29.3. The zero-order chi connectivity index (χ0) is 82.9. The maximum atomic E-state index is 10.2. The quantitative estimate of drug-likeness (QED) is 0.111. The lowest BCUT2D eigenvalue weighted by Gasteiger charge is -2.17. The Bertz CT molecular complexity index is 9270. The lowest BCUT2D eigenvalue weighted by atomic mass is 9.95. The molecule has 0 radical (unpaired) electrons. The maximum Gasteiger partial charge on any atom is 0.295 e. The molecule has 9 heterocycles. The SMILES string of the molecule is [C-]#[N+]c1c([N+]#[C-])c(C#N)c2c(c1[N+]#[C-])c1ccc3ccccc3c1c1cc3ccccc3n12.[C-]#[N+]c1cc2c(c([N+]#[C-])c1[N+]#[C-])c1ccc3ccccc3c1c1cc3ccccc3n21.[C-]#[N+]c1cc2c3ccc4ccccc4c3c3cc4ccccc4n3c2cc1[N+]#[C-].[C-]#[N+]c1nc2c3ccc4ccccc4c3c3cc4ccccc4n3c2nc1[N+]#[C-]. The highest BCUT2D eigenvalue weighted by Crippen LogP contribution is 2.54. The molecule has 552 valence electrons. The molecule has 0 N–H and O–H groups in total. The van der Waals surface area contributed by atoms with Crippen molar-refractivity contribution in [2.45, 2.75) is 0 Å². The van der Waals surface area contributed by atoms with Gasteiger partial charge in [-0.15, -0.1) is 9.97 Å². The van der Waals surface area contributed by atoms with Gasteiger partial charge in [0.15, 0.2) is 28.4 Å². The average molecular weight is 1550 g/mol. The molecule has 0 spiro atoms. The zero-order valence-electron chi connectivity index (χ0n) is 63.7. The third-order valence-electron chi connectivity index (χ3n) is 23.4. The molecule has 24 rings (SSSR count). The summed E-state index contributed by atoms with van der Waals surface area (Å²) < 4.78 is 8.42. The summed E-state index contributed by atoms with van der Waals surface area (Å²) in [5.74, 6) is 0.0736. The summed E-state index contributed by atoms with van der Waals surface area (Å²) in [6.07, 6.45) is 0. The molecule has 0 atom stereocenters. The van der Waals surface area contributed by atoms with Crippen LogP contribution in [0.3, 0.4) is 0 Å². The fourth-order valence-corrected chi connectivity index (χ4v) is 18.4. The Morgan fingerprint density at radius 3 is 1.03 bits per heavy atom. The van der Waals surface area contributed by atoms with Gasteiger partial charge in [0.1, 0.15) is 0 Å². The molecule has 0 bridgehead atoms. The van der Waals surface area contributed by atoms with Crippen molar-refractivity contribution in [2.75, 3.05) is 0 Å². The number of benzene rings is 15. The van der Waals surface area contributed by atoms with Crippen LogP contribution < -0.4 is 0 Å². The molecule has 0 aliphatic carbocycles. The Morgan fingerprint density at radius 1 is 0.230 bits per heavy atom. The largest absolute Gasteiger partial charge is 0.370 e. The van der Waals surface area contributed by atoms with E-state index in [1.54, 1.807) is 6.07 Å². The smallest absolute Gasteiger partial charge is 0.295 e. The minimum atomic E-state index is -0.0646. The van der Waals surface area contributed by atoms with Crippen LogP contribution in [0.15, 0.2) is 285 Å². The van der Waals surface area contributed by atoms with Gasteiger partial charge >= 0.3 is 0 Å². The van der Waals surface area contributed by atoms with Crippen LogP contribution in [0.5, 0.6) is 0 Å². The Labute approximate surface area is 692 Å². The molecule has 9 aromatic heterocycles. The highest BCUT2D eigenvalue weighted by molar-refractivity contribution is 6.32. The summed E-state index contributed by atoms with van der Waals surface area (Å²) >= 11 is 0. The average Bonchev–Trinajstić information content (AvgIpc) is 1.47. The Balaban J connectivity index is 0.000000100. The lowest BCUT2D eigenvalue weighted by molar-refractivity contribution is 1.23. The van der Waals surface area contributed by atoms with Crippen LogP contribution in [-0.2, 0) is 0 Å². The molecule has 15 aromatic carbocycles. The van der Waals surface area contributed by atoms with E-state index < -0.39 is 0 Å². The molecule has 17 heteroatoms. The Morgan fingerprint density at radius 2 is 0.574 bits per heavy atom. The third kappa shape index (κ3) is 10.2. The molecule has 0 aliphatic heterocycles. The van der Waals surface area contributed by atoms with Crippen molar-refractivity contribution in [2.24, 2.45) is 0 Å². The first-order valence-electron chi connectivity index (χ1n) is 38.3. The number of rotatable bonds is 0. The van der Waals surface area contributed by atoms with E-state index in [9.17, 15) is 5.26 Å². The minimum absolute atomic E-state index is 0.0340. The molecule has 0 saturated carbocycles. The van der Waals surface area contributed by atoms with E-state index in [-0.39, 0.29) is 51.3 Å². The van der Waals surface area contributed by atoms with Gasteiger partial charge < -0.3 is 22.9 Å². The van der Waals surface area contributed by atoms with Crippen LogP contribution in [0, 0.1) is 77.1 Å². The highest BCUT2D eigenvalue weighted by atomic mass is 15.1. The highest BCUT2D eigenvalue weighted by Gasteiger charge is 2.29. The number of hydrogen-bond acceptors (Lipinski definition) is 3. The number of pyridine rings is 4. The number of para-hydroxylation sites is 4. The van der Waals surface area contributed by atoms with Crippen molar-refractivity contribution in [1.82, 2.24) is 27.6 Å². The van der Waals surface area contributed by atoms with Gasteiger partial charge in [0.2, 0.25) is 22.6 Å². The van der Waals surface area contributed by atoms with E-state index in [4.69, 9.17) is 65.7 Å². The number of fused-ring (bicyclic) bond motifs is 40. The molecule has 0 saturated heterocycles. The Hall–Kier alpha value is -19.0. The topological polar surface area (TPSA) is 111 Å². The van der Waals surface area contributed by atoms with Gasteiger partial charge in [0, 0.05) is 65.0 Å². The molecule has 0 amide bonds. The van der Waals surface area contributed by atoms with Crippen LogP contribution >= 0.6 is 0 Å². The molecule has 24 aromatic rings. The molecular formula is C105H47N17. The summed E-state index contributed by atoms with van der Waals surface area (Å²) in [5, 5.41) is 33.7. The standard InChI is InChI=1S/C28H11N5.C27H12N4.C26H13N3.C24H11N5/c1-30-25-20(15-29)28-24(26(31-2)27(25)32-3)19-13-12-16-8-4-6-10-18(16)23(19)22-14-17-9-5-7-11-21(17)33(22)28;1-28-20-15-23-25(27(30-3)26(20)29-2)19-13-12-16-8-4-6-10-18(16)24(19)22-14-17-9-5-7-11-21(17)31(22)23;1-27-21-14-20-19-12-11-16-7-3-5-9-18(16)26(19)25-13-17-8-4-6-10-23(17)29(25)24(20)15-22(21)28-2;1-25-22-23(26-2)28-24-21(27-22)17-12-11-14-7-3-5-9-16(14)20(17)19-13-15-8-4-6-10-18(15)29(19)24/h4-14H;4-15H;3-15H;3-13H. The van der Waals surface area contributed by atoms with E-state index >= 15 is 0 Å². The van der Waals surface area contributed by atoms with Gasteiger partial charge in [-0.3, -0.25) is 43.2 Å². The van der Waals surface area contributed by atoms with Gasteiger partial charge in [-0.05, 0) is 142 Å². The predicted molar refractivity (Wildman–Crippen MR) is 493 cm³/mol. The fraction of sp³-hybridized carbons (Fsp3) is 0. The van der Waals surface area contributed by atoms with Crippen molar-refractivity contribution >= 4 is 253 Å². The van der Waals surface area contributed by atoms with Crippen LogP contribution in [0.1, 0.15) is 5.56 Å². The maximum absolute atomic E-state index is 10.2. The monoisotopic (exact) mass is 1550 g/mol. The molecule has 0 aliphatic rings.